The van der Waals surface area contributed by atoms with Crippen molar-refractivity contribution in [3.05, 3.63) is 0 Å². The molecule has 23 heavy (non-hydrogen) atoms. The Hall–Kier alpha value is -1.37. The van der Waals surface area contributed by atoms with Crippen LogP contribution in [-0.2, 0) is 9.53 Å². The van der Waals surface area contributed by atoms with Gasteiger partial charge in [0.1, 0.15) is 0 Å². The molecule has 0 heterocycles. The molecule has 138 valence electrons. The number of rotatable bonds is 7. The second-order valence-corrected chi connectivity index (χ2v) is 3.94. The summed E-state index contributed by atoms with van der Waals surface area (Å²) in [6.07, 6.45) is -5.59. The highest BCUT2D eigenvalue weighted by atomic mass is 19.4. The van der Waals surface area contributed by atoms with Gasteiger partial charge in [0.2, 0.25) is 0 Å². The Balaban J connectivity index is 6.12. The minimum Gasteiger partial charge on any atom is -0.461 e. The first-order valence-electron chi connectivity index (χ1n) is 5.27. The van der Waals surface area contributed by atoms with Gasteiger partial charge >= 0.3 is 42.0 Å². The summed E-state index contributed by atoms with van der Waals surface area (Å²) in [6, 6.07) is 0. The highest BCUT2D eigenvalue weighted by Gasteiger charge is 2.89. The molecular weight excluding hydrogens is 368 g/mol. The van der Waals surface area contributed by atoms with Gasteiger partial charge < -0.3 is 4.74 Å². The van der Waals surface area contributed by atoms with Crippen LogP contribution in [-0.4, -0.2) is 48.6 Å². The third-order valence-corrected chi connectivity index (χ3v) is 2.41. The van der Waals surface area contributed by atoms with Crippen molar-refractivity contribution in [2.45, 2.75) is 43.0 Å². The summed E-state index contributed by atoms with van der Waals surface area (Å²) in [7, 11) is 0. The quantitative estimate of drug-likeness (QED) is 0.498. The largest absolute Gasteiger partial charge is 0.461 e. The molecule has 0 aromatic rings. The maximum atomic E-state index is 13.0. The molecule has 14 heteroatoms. The minimum atomic E-state index is -7.73. The summed E-state index contributed by atoms with van der Waals surface area (Å²) in [5.41, 5.74) is 0. The SMILES string of the molecule is CCOC(=O)C(F)(F)C(F)(F)C(F)(F)C(F)(F)C(F)(F)C(F)F. The Morgan fingerprint density at radius 1 is 0.826 bits per heavy atom. The molecule has 0 radical (unpaired) electrons. The van der Waals surface area contributed by atoms with E-state index in [4.69, 9.17) is 0 Å². The van der Waals surface area contributed by atoms with Gasteiger partial charge in [-0.25, -0.2) is 13.6 Å². The van der Waals surface area contributed by atoms with Crippen molar-refractivity contribution in [1.82, 2.24) is 0 Å². The minimum absolute atomic E-state index is 0.740. The van der Waals surface area contributed by atoms with E-state index in [9.17, 15) is 57.5 Å². The molecule has 0 saturated carbocycles. The molecule has 0 saturated heterocycles. The van der Waals surface area contributed by atoms with E-state index in [2.05, 4.69) is 4.74 Å². The lowest BCUT2D eigenvalue weighted by Gasteiger charge is -2.38. The lowest BCUT2D eigenvalue weighted by molar-refractivity contribution is -0.408. The molecule has 0 aromatic heterocycles. The number of carbonyl (C=O) groups is 1. The number of alkyl halides is 12. The second kappa shape index (κ2) is 5.92. The lowest BCUT2D eigenvalue weighted by atomic mass is 9.94. The van der Waals surface area contributed by atoms with Crippen molar-refractivity contribution in [2.75, 3.05) is 6.61 Å². The maximum Gasteiger partial charge on any atom is 0.410 e. The van der Waals surface area contributed by atoms with Crippen LogP contribution < -0.4 is 0 Å². The molecule has 0 aliphatic carbocycles. The van der Waals surface area contributed by atoms with Crippen molar-refractivity contribution in [3.8, 4) is 0 Å². The maximum absolute atomic E-state index is 13.0. The zero-order valence-corrected chi connectivity index (χ0v) is 10.6. The predicted molar refractivity (Wildman–Crippen MR) is 47.4 cm³/mol. The van der Waals surface area contributed by atoms with Gasteiger partial charge in [0, 0.05) is 0 Å². The van der Waals surface area contributed by atoms with Crippen LogP contribution in [0.3, 0.4) is 0 Å². The van der Waals surface area contributed by atoms with E-state index < -0.39 is 48.6 Å². The number of esters is 1. The number of hydrogen-bond donors (Lipinski definition) is 0. The van der Waals surface area contributed by atoms with E-state index in [1.807, 2.05) is 0 Å². The van der Waals surface area contributed by atoms with Crippen LogP contribution in [0.2, 0.25) is 0 Å². The standard InChI is InChI=1S/C9H6F12O2/c1-2-23-4(22)6(14,15)8(18,19)9(20,21)7(16,17)5(12,13)3(10)11/h3H,2H2,1H3. The molecule has 0 aliphatic heterocycles. The van der Waals surface area contributed by atoms with Crippen LogP contribution in [0.4, 0.5) is 52.7 Å². The first-order valence-corrected chi connectivity index (χ1v) is 5.27. The zero-order chi connectivity index (χ0) is 19.1. The summed E-state index contributed by atoms with van der Waals surface area (Å²) in [6.45, 7) is -0.344. The smallest absolute Gasteiger partial charge is 0.410 e. The van der Waals surface area contributed by atoms with Gasteiger partial charge in [-0.2, -0.15) is 43.9 Å². The Bertz CT molecular complexity index is 444. The molecular formula is C9H6F12O2. The van der Waals surface area contributed by atoms with E-state index in [0.717, 1.165) is 6.92 Å². The molecule has 0 bridgehead atoms. The zero-order valence-electron chi connectivity index (χ0n) is 10.6. The Morgan fingerprint density at radius 3 is 1.52 bits per heavy atom. The van der Waals surface area contributed by atoms with E-state index >= 15 is 0 Å². The normalized spacial score (nSPS) is 15.0. The highest BCUT2D eigenvalue weighted by molar-refractivity contribution is 5.79. The van der Waals surface area contributed by atoms with Gasteiger partial charge in [0.05, 0.1) is 6.61 Å². The lowest BCUT2D eigenvalue weighted by Crippen LogP contribution is -2.70. The summed E-state index contributed by atoms with van der Waals surface area (Å²) >= 11 is 0. The fraction of sp³-hybridized carbons (Fsp3) is 0.889. The number of ether oxygens (including phenoxy) is 1. The number of halogens is 12. The summed E-state index contributed by atoms with van der Waals surface area (Å²) in [5.74, 6) is -40.0. The molecule has 0 N–H and O–H groups in total. The first-order chi connectivity index (χ1) is 9.92. The highest BCUT2D eigenvalue weighted by Crippen LogP contribution is 2.58. The average molecular weight is 374 g/mol. The van der Waals surface area contributed by atoms with Gasteiger partial charge in [-0.3, -0.25) is 0 Å². The van der Waals surface area contributed by atoms with Crippen LogP contribution in [0.1, 0.15) is 6.92 Å². The van der Waals surface area contributed by atoms with Crippen molar-refractivity contribution in [2.24, 2.45) is 0 Å². The van der Waals surface area contributed by atoms with Crippen LogP contribution in [0, 0.1) is 0 Å². The monoisotopic (exact) mass is 374 g/mol. The summed E-state index contributed by atoms with van der Waals surface area (Å²) in [4.78, 5) is 10.5. The molecule has 0 atom stereocenters. The number of carbonyl (C=O) groups excluding carboxylic acids is 1. The Labute approximate surface area is 119 Å². The fourth-order valence-electron chi connectivity index (χ4n) is 1.09. The van der Waals surface area contributed by atoms with Crippen molar-refractivity contribution >= 4 is 5.97 Å². The van der Waals surface area contributed by atoms with E-state index in [-0.39, 0.29) is 0 Å². The summed E-state index contributed by atoms with van der Waals surface area (Å²) in [5, 5.41) is 0. The molecule has 0 spiro atoms. The van der Waals surface area contributed by atoms with Crippen molar-refractivity contribution < 1.29 is 62.2 Å². The number of hydrogen-bond acceptors (Lipinski definition) is 2. The van der Waals surface area contributed by atoms with Gasteiger partial charge in [0.25, 0.3) is 0 Å². The van der Waals surface area contributed by atoms with Crippen LogP contribution in [0.15, 0.2) is 0 Å². The molecule has 0 aromatic carbocycles. The fourth-order valence-corrected chi connectivity index (χ4v) is 1.09. The van der Waals surface area contributed by atoms with Gasteiger partial charge in [0.15, 0.2) is 0 Å². The Morgan fingerprint density at radius 2 is 1.22 bits per heavy atom. The summed E-state index contributed by atoms with van der Waals surface area (Å²) < 4.78 is 155. The van der Waals surface area contributed by atoms with Crippen LogP contribution in [0.25, 0.3) is 0 Å². The average Bonchev–Trinajstić information content (AvgIpc) is 2.37. The van der Waals surface area contributed by atoms with E-state index in [0.29, 0.717) is 0 Å². The molecule has 0 aliphatic rings. The van der Waals surface area contributed by atoms with E-state index in [1.165, 1.54) is 0 Å². The topological polar surface area (TPSA) is 26.3 Å². The van der Waals surface area contributed by atoms with Crippen LogP contribution in [0.5, 0.6) is 0 Å². The molecule has 2 nitrogen and oxygen atoms in total. The second-order valence-electron chi connectivity index (χ2n) is 3.94. The van der Waals surface area contributed by atoms with Gasteiger partial charge in [-0.15, -0.1) is 0 Å². The van der Waals surface area contributed by atoms with Gasteiger partial charge in [-0.05, 0) is 6.92 Å². The van der Waals surface area contributed by atoms with E-state index in [1.54, 1.807) is 0 Å². The molecule has 0 unspecified atom stereocenters. The molecule has 0 amide bonds. The van der Waals surface area contributed by atoms with Crippen LogP contribution >= 0.6 is 0 Å². The Kier molecular flexibility index (Phi) is 5.57. The predicted octanol–water partition coefficient (Wildman–Crippen LogP) is 3.99. The molecule has 0 rings (SSSR count). The molecule has 0 fully saturated rings. The third kappa shape index (κ3) is 2.91. The van der Waals surface area contributed by atoms with Crippen molar-refractivity contribution in [3.63, 3.8) is 0 Å². The van der Waals surface area contributed by atoms with Crippen molar-refractivity contribution in [1.29, 1.82) is 0 Å². The first kappa shape index (κ1) is 21.6. The third-order valence-electron chi connectivity index (χ3n) is 2.41. The van der Waals surface area contributed by atoms with Gasteiger partial charge in [-0.1, -0.05) is 0 Å².